The molecule has 126 valence electrons. The highest BCUT2D eigenvalue weighted by Crippen LogP contribution is 2.14. The summed E-state index contributed by atoms with van der Waals surface area (Å²) in [6.07, 6.45) is 0. The largest absolute Gasteiger partial charge is 0.129 e. The number of benzene rings is 1. The molecule has 0 radical (unpaired) electrons. The lowest BCUT2D eigenvalue weighted by molar-refractivity contribution is 1.54. The van der Waals surface area contributed by atoms with E-state index >= 15 is 0 Å². The van der Waals surface area contributed by atoms with Crippen LogP contribution in [-0.2, 0) is 0 Å². The van der Waals surface area contributed by atoms with Crippen LogP contribution in [-0.4, -0.2) is 24.2 Å². The van der Waals surface area contributed by atoms with Gasteiger partial charge in [0, 0.05) is 11.1 Å². The monoisotopic (exact) mass is 366 g/mol. The summed E-state index contributed by atoms with van der Waals surface area (Å²) >= 11 is 0. The molecule has 0 spiro atoms. The predicted molar refractivity (Wildman–Crippen MR) is 117 cm³/mol. The zero-order chi connectivity index (χ0) is 18.6. The third kappa shape index (κ3) is 8.42. The zero-order valence-corrected chi connectivity index (χ0v) is 19.7. The highest BCUT2D eigenvalue weighted by molar-refractivity contribution is 6.84. The Morgan fingerprint density at radius 3 is 1.21 bits per heavy atom. The second-order valence-electron chi connectivity index (χ2n) is 9.23. The van der Waals surface area contributed by atoms with Gasteiger partial charge in [-0.15, -0.1) is 16.6 Å². The van der Waals surface area contributed by atoms with Gasteiger partial charge >= 0.3 is 0 Å². The van der Waals surface area contributed by atoms with Crippen LogP contribution in [0.1, 0.15) is 16.7 Å². The molecule has 1 aromatic rings. The van der Waals surface area contributed by atoms with Crippen LogP contribution in [0.5, 0.6) is 0 Å². The molecule has 0 aromatic heterocycles. The summed E-state index contributed by atoms with van der Waals surface area (Å²) in [4.78, 5) is 0. The molecule has 0 saturated carbocycles. The lowest BCUT2D eigenvalue weighted by atomic mass is 10.0. The van der Waals surface area contributed by atoms with E-state index in [1.165, 1.54) is 0 Å². The Morgan fingerprint density at radius 2 is 0.875 bits per heavy atom. The van der Waals surface area contributed by atoms with Crippen LogP contribution in [0.2, 0.25) is 58.9 Å². The molecule has 0 aliphatic heterocycles. The third-order valence-electron chi connectivity index (χ3n) is 2.77. The van der Waals surface area contributed by atoms with Crippen molar-refractivity contribution in [3.63, 3.8) is 0 Å². The topological polar surface area (TPSA) is 0 Å². The Bertz CT molecular complexity index is 728. The number of rotatable bonds is 0. The van der Waals surface area contributed by atoms with Gasteiger partial charge in [-0.1, -0.05) is 82.8 Å². The van der Waals surface area contributed by atoms with Crippen molar-refractivity contribution in [3.05, 3.63) is 34.9 Å². The van der Waals surface area contributed by atoms with E-state index in [0.717, 1.165) is 16.7 Å². The van der Waals surface area contributed by atoms with E-state index < -0.39 is 24.2 Å². The first-order valence-corrected chi connectivity index (χ1v) is 19.0. The maximum atomic E-state index is 3.49. The van der Waals surface area contributed by atoms with Crippen molar-refractivity contribution in [2.75, 3.05) is 0 Å². The van der Waals surface area contributed by atoms with E-state index in [-0.39, 0.29) is 0 Å². The molecule has 0 atom stereocenters. The molecule has 0 bridgehead atoms. The van der Waals surface area contributed by atoms with Crippen molar-refractivity contribution in [2.45, 2.75) is 58.9 Å². The minimum absolute atomic E-state index is 1.02. The predicted octanol–water partition coefficient (Wildman–Crippen LogP) is 5.37. The molecule has 0 aliphatic rings. The van der Waals surface area contributed by atoms with E-state index in [4.69, 9.17) is 0 Å². The van der Waals surface area contributed by atoms with Crippen LogP contribution in [0.4, 0.5) is 0 Å². The van der Waals surface area contributed by atoms with Gasteiger partial charge in [0.05, 0.1) is 5.56 Å². The van der Waals surface area contributed by atoms with Gasteiger partial charge in [-0.3, -0.25) is 0 Å². The first-order valence-electron chi connectivity index (χ1n) is 8.49. The fraction of sp³-hybridized carbons (Fsp3) is 0.429. The van der Waals surface area contributed by atoms with Crippen LogP contribution in [0.3, 0.4) is 0 Å². The van der Waals surface area contributed by atoms with Gasteiger partial charge in [0.1, 0.15) is 24.2 Å². The summed E-state index contributed by atoms with van der Waals surface area (Å²) in [6.45, 7) is 20.4. The molecule has 1 aromatic carbocycles. The summed E-state index contributed by atoms with van der Waals surface area (Å²) < 4.78 is 0. The quantitative estimate of drug-likeness (QED) is 0.427. The smallest absolute Gasteiger partial charge is 0.127 e. The Balaban J connectivity index is 3.56. The average Bonchev–Trinajstić information content (AvgIpc) is 2.38. The number of hydrogen-bond donors (Lipinski definition) is 0. The van der Waals surface area contributed by atoms with Crippen molar-refractivity contribution in [1.29, 1.82) is 0 Å². The molecule has 0 amide bonds. The van der Waals surface area contributed by atoms with E-state index in [1.54, 1.807) is 0 Å². The van der Waals surface area contributed by atoms with Gasteiger partial charge in [0.2, 0.25) is 0 Å². The lowest BCUT2D eigenvalue weighted by Gasteiger charge is -2.08. The third-order valence-corrected chi connectivity index (χ3v) is 5.40. The Hall–Kier alpha value is -1.45. The van der Waals surface area contributed by atoms with Crippen LogP contribution in [0, 0.1) is 34.4 Å². The standard InChI is InChI=1S/C21H30Si3/c1-22(2,3)16-13-19-11-10-12-20(14-17-23(4,5)6)21(19)15-18-24(7,8)9/h10-12H,1-9H3. The normalized spacial score (nSPS) is 11.4. The van der Waals surface area contributed by atoms with E-state index in [9.17, 15) is 0 Å². The van der Waals surface area contributed by atoms with Crippen LogP contribution in [0.25, 0.3) is 0 Å². The van der Waals surface area contributed by atoms with Crippen molar-refractivity contribution < 1.29 is 0 Å². The highest BCUT2D eigenvalue weighted by atomic mass is 28.3. The molecule has 0 heterocycles. The highest BCUT2D eigenvalue weighted by Gasteiger charge is 2.12. The first-order chi connectivity index (χ1) is 10.8. The molecule has 3 heteroatoms. The molecule has 0 fully saturated rings. The van der Waals surface area contributed by atoms with E-state index in [1.807, 2.05) is 0 Å². The van der Waals surface area contributed by atoms with Gasteiger partial charge < -0.3 is 0 Å². The van der Waals surface area contributed by atoms with Gasteiger partial charge in [-0.25, -0.2) is 0 Å². The average molecular weight is 367 g/mol. The van der Waals surface area contributed by atoms with E-state index in [2.05, 4.69) is 112 Å². The second kappa shape index (κ2) is 7.62. The fourth-order valence-electron chi connectivity index (χ4n) is 1.65. The maximum Gasteiger partial charge on any atom is 0.129 e. The molecule has 1 rings (SSSR count). The Labute approximate surface area is 152 Å². The molecule has 24 heavy (non-hydrogen) atoms. The number of hydrogen-bond acceptors (Lipinski definition) is 0. The van der Waals surface area contributed by atoms with Gasteiger partial charge in [-0.2, -0.15) is 0 Å². The first kappa shape index (κ1) is 20.6. The summed E-state index contributed by atoms with van der Waals surface area (Å²) in [6, 6.07) is 6.23. The van der Waals surface area contributed by atoms with Crippen molar-refractivity contribution in [1.82, 2.24) is 0 Å². The minimum Gasteiger partial charge on any atom is -0.127 e. The lowest BCUT2D eigenvalue weighted by Crippen LogP contribution is -2.17. The van der Waals surface area contributed by atoms with Crippen LogP contribution in [0.15, 0.2) is 18.2 Å². The molecular formula is C21H30Si3. The zero-order valence-electron chi connectivity index (χ0n) is 16.7. The summed E-state index contributed by atoms with van der Waals surface area (Å²) in [7, 11) is -4.28. The Morgan fingerprint density at radius 1 is 0.542 bits per heavy atom. The molecule has 0 saturated heterocycles. The van der Waals surface area contributed by atoms with Gasteiger partial charge in [-0.05, 0) is 12.1 Å². The summed E-state index contributed by atoms with van der Waals surface area (Å²) in [5.74, 6) is 10.2. The van der Waals surface area contributed by atoms with Crippen molar-refractivity contribution in [3.8, 4) is 34.4 Å². The maximum absolute atomic E-state index is 3.49. The fourth-order valence-corrected chi connectivity index (χ4v) is 3.17. The second-order valence-corrected chi connectivity index (χ2v) is 23.5. The Kier molecular flexibility index (Phi) is 6.54. The van der Waals surface area contributed by atoms with Crippen LogP contribution >= 0.6 is 0 Å². The molecule has 0 nitrogen and oxygen atoms in total. The summed E-state index contributed by atoms with van der Waals surface area (Å²) in [5, 5.41) is 0. The minimum atomic E-state index is -1.45. The van der Waals surface area contributed by atoms with Crippen molar-refractivity contribution >= 4 is 24.2 Å². The molecule has 0 aliphatic carbocycles. The van der Waals surface area contributed by atoms with E-state index in [0.29, 0.717) is 0 Å². The molecule has 0 N–H and O–H groups in total. The van der Waals surface area contributed by atoms with Gasteiger partial charge in [0.15, 0.2) is 0 Å². The van der Waals surface area contributed by atoms with Crippen molar-refractivity contribution in [2.24, 2.45) is 0 Å². The summed E-state index contributed by atoms with van der Waals surface area (Å²) in [5.41, 5.74) is 13.5. The van der Waals surface area contributed by atoms with Gasteiger partial charge in [0.25, 0.3) is 0 Å². The molecule has 0 unspecified atom stereocenters. The van der Waals surface area contributed by atoms with Crippen LogP contribution < -0.4 is 0 Å². The molecular weight excluding hydrogens is 336 g/mol. The SMILES string of the molecule is C[Si](C)(C)C#Cc1cccc(C#C[Si](C)(C)C)c1C#C[Si](C)(C)C.